The zero-order chi connectivity index (χ0) is 23.9. The van der Waals surface area contributed by atoms with Crippen LogP contribution in [0.4, 0.5) is 17.2 Å². The van der Waals surface area contributed by atoms with E-state index in [-0.39, 0.29) is 5.69 Å². The largest absolute Gasteiger partial charge is 0.493 e. The predicted molar refractivity (Wildman–Crippen MR) is 127 cm³/mol. The third-order valence-electron chi connectivity index (χ3n) is 4.93. The fourth-order valence-electron chi connectivity index (χ4n) is 3.34. The van der Waals surface area contributed by atoms with Crippen LogP contribution in [0.15, 0.2) is 67.0 Å². The van der Waals surface area contributed by atoms with Gasteiger partial charge in [-0.05, 0) is 42.0 Å². The molecule has 0 radical (unpaired) electrons. The number of hydrogen-bond acceptors (Lipinski definition) is 8. The van der Waals surface area contributed by atoms with Crippen molar-refractivity contribution in [2.24, 2.45) is 0 Å². The second-order valence-electron chi connectivity index (χ2n) is 7.18. The van der Waals surface area contributed by atoms with E-state index in [1.54, 1.807) is 50.5 Å². The van der Waals surface area contributed by atoms with Crippen LogP contribution >= 0.6 is 0 Å². The second kappa shape index (κ2) is 10.3. The van der Waals surface area contributed by atoms with Gasteiger partial charge in [0.15, 0.2) is 23.0 Å². The number of benzene rings is 2. The average molecular weight is 460 g/mol. The van der Waals surface area contributed by atoms with Crippen molar-refractivity contribution in [3.05, 3.63) is 78.2 Å². The molecule has 34 heavy (non-hydrogen) atoms. The maximum absolute atomic E-state index is 12.8. The number of ether oxygens (including phenoxy) is 3. The lowest BCUT2D eigenvalue weighted by Gasteiger charge is -2.14. The fourth-order valence-corrected chi connectivity index (χ4v) is 3.34. The molecule has 1 amide bonds. The topological polar surface area (TPSA) is 112 Å². The summed E-state index contributed by atoms with van der Waals surface area (Å²) >= 11 is 0. The van der Waals surface area contributed by atoms with E-state index in [2.05, 4.69) is 25.9 Å². The third-order valence-corrected chi connectivity index (χ3v) is 4.93. The van der Waals surface area contributed by atoms with E-state index < -0.39 is 5.91 Å². The van der Waals surface area contributed by atoms with E-state index >= 15 is 0 Å². The molecule has 0 spiro atoms. The monoisotopic (exact) mass is 460 g/mol. The maximum atomic E-state index is 12.8. The van der Waals surface area contributed by atoms with Gasteiger partial charge in [0, 0.05) is 11.9 Å². The molecule has 0 saturated carbocycles. The van der Waals surface area contributed by atoms with Crippen LogP contribution in [-0.2, 0) is 6.54 Å². The molecule has 174 valence electrons. The molecule has 0 fully saturated rings. The summed E-state index contributed by atoms with van der Waals surface area (Å²) in [6.07, 6.45) is 3.22. The highest BCUT2D eigenvalue weighted by Gasteiger charge is 2.16. The Morgan fingerprint density at radius 1 is 0.971 bits per heavy atom. The van der Waals surface area contributed by atoms with Gasteiger partial charge in [0.05, 0.1) is 39.8 Å². The number of carbonyl (C=O) groups excluding carboxylic acids is 1. The molecule has 0 aliphatic carbocycles. The fraction of sp³-hybridized carbons (Fsp3) is 0.167. The summed E-state index contributed by atoms with van der Waals surface area (Å²) in [5, 5.41) is 14.1. The standard InChI is InChI=1S/C24H24N6O4/c1-32-20-12-16(13-21(33-2)22(20)34-3)14-30-15-19(28-29-30)24(31)27-18-10-7-11-25-23(18)26-17-8-5-4-6-9-17/h4-13,15H,14H2,1-3H3,(H,25,26)(H,27,31). The summed E-state index contributed by atoms with van der Waals surface area (Å²) in [6.45, 7) is 0.352. The molecule has 2 aromatic heterocycles. The van der Waals surface area contributed by atoms with Crippen molar-refractivity contribution in [3.8, 4) is 17.2 Å². The molecule has 10 nitrogen and oxygen atoms in total. The number of amides is 1. The van der Waals surface area contributed by atoms with Crippen LogP contribution in [-0.4, -0.2) is 47.2 Å². The van der Waals surface area contributed by atoms with Gasteiger partial charge in [-0.3, -0.25) is 4.79 Å². The van der Waals surface area contributed by atoms with E-state index in [4.69, 9.17) is 14.2 Å². The Balaban J connectivity index is 1.49. The SMILES string of the molecule is COc1cc(Cn2cc(C(=O)Nc3cccnc3Nc3ccccc3)nn2)cc(OC)c1OC. The number of anilines is 3. The lowest BCUT2D eigenvalue weighted by Crippen LogP contribution is -2.14. The quantitative estimate of drug-likeness (QED) is 0.388. The van der Waals surface area contributed by atoms with Crippen molar-refractivity contribution >= 4 is 23.1 Å². The van der Waals surface area contributed by atoms with Gasteiger partial charge in [-0.25, -0.2) is 9.67 Å². The van der Waals surface area contributed by atoms with Gasteiger partial charge in [0.2, 0.25) is 5.75 Å². The van der Waals surface area contributed by atoms with Crippen molar-refractivity contribution < 1.29 is 19.0 Å². The molecule has 0 atom stereocenters. The lowest BCUT2D eigenvalue weighted by molar-refractivity contribution is 0.102. The number of rotatable bonds is 9. The van der Waals surface area contributed by atoms with Crippen molar-refractivity contribution in [2.45, 2.75) is 6.54 Å². The highest BCUT2D eigenvalue weighted by Crippen LogP contribution is 2.38. The first-order chi connectivity index (χ1) is 16.6. The van der Waals surface area contributed by atoms with Crippen molar-refractivity contribution in [3.63, 3.8) is 0 Å². The van der Waals surface area contributed by atoms with Gasteiger partial charge >= 0.3 is 0 Å². The summed E-state index contributed by atoms with van der Waals surface area (Å²) in [4.78, 5) is 17.2. The summed E-state index contributed by atoms with van der Waals surface area (Å²) < 4.78 is 17.7. The molecule has 0 aliphatic heterocycles. The first kappa shape index (κ1) is 22.6. The molecule has 0 aliphatic rings. The van der Waals surface area contributed by atoms with Gasteiger partial charge in [-0.15, -0.1) is 5.10 Å². The summed E-state index contributed by atoms with van der Waals surface area (Å²) in [5.74, 6) is 1.69. The average Bonchev–Trinajstić information content (AvgIpc) is 3.33. The molecule has 2 aromatic carbocycles. The zero-order valence-electron chi connectivity index (χ0n) is 19.0. The van der Waals surface area contributed by atoms with E-state index in [0.29, 0.717) is 35.3 Å². The third kappa shape index (κ3) is 5.07. The van der Waals surface area contributed by atoms with E-state index in [9.17, 15) is 4.79 Å². The number of aromatic nitrogens is 4. The first-order valence-electron chi connectivity index (χ1n) is 10.4. The Kier molecular flexibility index (Phi) is 6.87. The molecule has 2 heterocycles. The minimum absolute atomic E-state index is 0.168. The van der Waals surface area contributed by atoms with Crippen molar-refractivity contribution in [2.75, 3.05) is 32.0 Å². The number of hydrogen-bond donors (Lipinski definition) is 2. The molecule has 10 heteroatoms. The van der Waals surface area contributed by atoms with Crippen LogP contribution in [0.2, 0.25) is 0 Å². The van der Waals surface area contributed by atoms with E-state index in [1.165, 1.54) is 0 Å². The normalized spacial score (nSPS) is 10.4. The van der Waals surface area contributed by atoms with Crippen LogP contribution in [0.25, 0.3) is 0 Å². The molecular formula is C24H24N6O4. The molecule has 4 rings (SSSR count). The molecule has 4 aromatic rings. The summed E-state index contributed by atoms with van der Waals surface area (Å²) in [5.41, 5.74) is 2.39. The Bertz CT molecular complexity index is 1250. The minimum atomic E-state index is -0.403. The van der Waals surface area contributed by atoms with Gasteiger partial charge in [-0.2, -0.15) is 0 Å². The number of nitrogens with zero attached hydrogens (tertiary/aromatic N) is 4. The van der Waals surface area contributed by atoms with Crippen LogP contribution in [0.5, 0.6) is 17.2 Å². The zero-order valence-corrected chi connectivity index (χ0v) is 19.0. The molecule has 0 bridgehead atoms. The van der Waals surface area contributed by atoms with E-state index in [1.807, 2.05) is 42.5 Å². The van der Waals surface area contributed by atoms with Gasteiger partial charge in [0.1, 0.15) is 0 Å². The van der Waals surface area contributed by atoms with Crippen molar-refractivity contribution in [1.82, 2.24) is 20.0 Å². The lowest BCUT2D eigenvalue weighted by atomic mass is 10.2. The second-order valence-corrected chi connectivity index (χ2v) is 7.18. The molecule has 2 N–H and O–H groups in total. The Morgan fingerprint density at radius 2 is 1.71 bits per heavy atom. The van der Waals surface area contributed by atoms with Crippen LogP contribution < -0.4 is 24.8 Å². The molecule has 0 unspecified atom stereocenters. The summed E-state index contributed by atoms with van der Waals surface area (Å²) in [7, 11) is 4.65. The minimum Gasteiger partial charge on any atom is -0.493 e. The van der Waals surface area contributed by atoms with Crippen molar-refractivity contribution in [1.29, 1.82) is 0 Å². The predicted octanol–water partition coefficient (Wildman–Crippen LogP) is 3.74. The van der Waals surface area contributed by atoms with Crippen LogP contribution in [0.3, 0.4) is 0 Å². The maximum Gasteiger partial charge on any atom is 0.277 e. The Hall–Kier alpha value is -4.60. The highest BCUT2D eigenvalue weighted by molar-refractivity contribution is 6.04. The molecular weight excluding hydrogens is 436 g/mol. The van der Waals surface area contributed by atoms with Crippen LogP contribution in [0, 0.1) is 0 Å². The van der Waals surface area contributed by atoms with Crippen LogP contribution in [0.1, 0.15) is 16.1 Å². The summed E-state index contributed by atoms with van der Waals surface area (Å²) in [6, 6.07) is 16.7. The van der Waals surface area contributed by atoms with Gasteiger partial charge in [-0.1, -0.05) is 23.4 Å². The number of para-hydroxylation sites is 1. The number of methoxy groups -OCH3 is 3. The van der Waals surface area contributed by atoms with E-state index in [0.717, 1.165) is 11.3 Å². The Labute approximate surface area is 196 Å². The smallest absolute Gasteiger partial charge is 0.277 e. The van der Waals surface area contributed by atoms with Gasteiger partial charge < -0.3 is 24.8 Å². The highest BCUT2D eigenvalue weighted by atomic mass is 16.5. The van der Waals surface area contributed by atoms with Gasteiger partial charge in [0.25, 0.3) is 5.91 Å². The number of pyridine rings is 1. The number of carbonyl (C=O) groups is 1. The first-order valence-corrected chi connectivity index (χ1v) is 10.4. The Morgan fingerprint density at radius 3 is 2.38 bits per heavy atom. The number of nitrogens with one attached hydrogen (secondary N) is 2. The molecule has 0 saturated heterocycles.